The molecular weight excluding hydrogens is 214 g/mol. The highest BCUT2D eigenvalue weighted by molar-refractivity contribution is 6.29. The van der Waals surface area contributed by atoms with E-state index in [9.17, 15) is 0 Å². The molecule has 3 atom stereocenters. The van der Waals surface area contributed by atoms with Gasteiger partial charge in [-0.25, -0.2) is 9.97 Å². The number of rotatable bonds is 2. The van der Waals surface area contributed by atoms with Crippen LogP contribution in [0, 0.1) is 0 Å². The van der Waals surface area contributed by atoms with E-state index in [1.807, 2.05) is 0 Å². The summed E-state index contributed by atoms with van der Waals surface area (Å²) in [6.07, 6.45) is 2.95. The predicted octanol–water partition coefficient (Wildman–Crippen LogP) is 2.11. The van der Waals surface area contributed by atoms with E-state index in [0.29, 0.717) is 17.3 Å². The van der Waals surface area contributed by atoms with Gasteiger partial charge in [-0.2, -0.15) is 0 Å². The van der Waals surface area contributed by atoms with Crippen LogP contribution in [0.15, 0.2) is 12.4 Å². The van der Waals surface area contributed by atoms with Crippen LogP contribution in [-0.2, 0) is 4.74 Å². The normalized spacial score (nSPS) is 30.5. The first-order valence-electron chi connectivity index (χ1n) is 5.04. The van der Waals surface area contributed by atoms with Crippen molar-refractivity contribution in [1.29, 1.82) is 0 Å². The Morgan fingerprint density at radius 1 is 1.47 bits per heavy atom. The second-order valence-electron chi connectivity index (χ2n) is 3.86. The number of nitrogens with one attached hydrogen (secondary N) is 1. The van der Waals surface area contributed by atoms with Gasteiger partial charge in [0.25, 0.3) is 0 Å². The summed E-state index contributed by atoms with van der Waals surface area (Å²) in [5.74, 6) is 0.754. The van der Waals surface area contributed by atoms with Crippen LogP contribution in [0.5, 0.6) is 0 Å². The SMILES string of the molecule is CC1CC(Nc2cc(Cl)ncn2)C(C)O1. The lowest BCUT2D eigenvalue weighted by atomic mass is 10.1. The summed E-state index contributed by atoms with van der Waals surface area (Å²) >= 11 is 5.77. The Morgan fingerprint density at radius 3 is 2.87 bits per heavy atom. The molecule has 4 nitrogen and oxygen atoms in total. The number of ether oxygens (including phenoxy) is 1. The topological polar surface area (TPSA) is 47.0 Å². The van der Waals surface area contributed by atoms with E-state index in [1.165, 1.54) is 6.33 Å². The van der Waals surface area contributed by atoms with Crippen molar-refractivity contribution in [2.45, 2.75) is 38.5 Å². The molecule has 1 saturated heterocycles. The minimum atomic E-state index is 0.203. The molecular formula is C10H14ClN3O. The van der Waals surface area contributed by atoms with Gasteiger partial charge in [0.2, 0.25) is 0 Å². The standard InChI is InChI=1S/C10H14ClN3O/c1-6-3-8(7(2)15-6)14-10-4-9(11)12-5-13-10/h4-8H,3H2,1-2H3,(H,12,13,14). The van der Waals surface area contributed by atoms with Crippen LogP contribution in [0.2, 0.25) is 5.15 Å². The first-order chi connectivity index (χ1) is 7.15. The number of hydrogen-bond acceptors (Lipinski definition) is 4. The number of aromatic nitrogens is 2. The Hall–Kier alpha value is -0.870. The van der Waals surface area contributed by atoms with Gasteiger partial charge in [-0.15, -0.1) is 0 Å². The lowest BCUT2D eigenvalue weighted by Gasteiger charge is -2.16. The van der Waals surface area contributed by atoms with Crippen LogP contribution >= 0.6 is 11.6 Å². The summed E-state index contributed by atoms with van der Waals surface area (Å²) in [7, 11) is 0. The molecule has 82 valence electrons. The van der Waals surface area contributed by atoms with Crippen molar-refractivity contribution in [1.82, 2.24) is 9.97 Å². The van der Waals surface area contributed by atoms with E-state index in [1.54, 1.807) is 6.07 Å². The molecule has 0 spiro atoms. The third-order valence-electron chi connectivity index (χ3n) is 2.57. The van der Waals surface area contributed by atoms with Crippen molar-refractivity contribution < 1.29 is 4.74 Å². The predicted molar refractivity (Wildman–Crippen MR) is 59.1 cm³/mol. The van der Waals surface area contributed by atoms with Gasteiger partial charge in [-0.3, -0.25) is 0 Å². The summed E-state index contributed by atoms with van der Waals surface area (Å²) in [5.41, 5.74) is 0. The molecule has 3 unspecified atom stereocenters. The molecule has 0 bridgehead atoms. The number of anilines is 1. The van der Waals surface area contributed by atoms with Crippen LogP contribution in [-0.4, -0.2) is 28.2 Å². The summed E-state index contributed by atoms with van der Waals surface area (Å²) in [5, 5.41) is 3.75. The van der Waals surface area contributed by atoms with Crippen LogP contribution in [0.3, 0.4) is 0 Å². The average Bonchev–Trinajstić information content (AvgIpc) is 2.45. The smallest absolute Gasteiger partial charge is 0.134 e. The monoisotopic (exact) mass is 227 g/mol. The third kappa shape index (κ3) is 2.58. The summed E-state index contributed by atoms with van der Waals surface area (Å²) in [6.45, 7) is 4.13. The fraction of sp³-hybridized carbons (Fsp3) is 0.600. The third-order valence-corrected chi connectivity index (χ3v) is 2.77. The molecule has 2 rings (SSSR count). The van der Waals surface area contributed by atoms with Gasteiger partial charge in [-0.05, 0) is 20.3 Å². The molecule has 2 heterocycles. The number of halogens is 1. The van der Waals surface area contributed by atoms with E-state index in [2.05, 4.69) is 29.1 Å². The molecule has 0 radical (unpaired) electrons. The zero-order valence-corrected chi connectivity index (χ0v) is 9.53. The Bertz CT molecular complexity index is 347. The highest BCUT2D eigenvalue weighted by Crippen LogP contribution is 2.23. The van der Waals surface area contributed by atoms with Crippen LogP contribution in [0.4, 0.5) is 5.82 Å². The molecule has 1 aliphatic heterocycles. The molecule has 1 aromatic rings. The zero-order chi connectivity index (χ0) is 10.8. The summed E-state index contributed by atoms with van der Waals surface area (Å²) in [4.78, 5) is 7.93. The second-order valence-corrected chi connectivity index (χ2v) is 4.25. The molecule has 1 aromatic heterocycles. The van der Waals surface area contributed by atoms with E-state index in [4.69, 9.17) is 16.3 Å². The number of nitrogens with zero attached hydrogens (tertiary/aromatic N) is 2. The minimum Gasteiger partial charge on any atom is -0.373 e. The maximum atomic E-state index is 5.77. The molecule has 1 fully saturated rings. The highest BCUT2D eigenvalue weighted by Gasteiger charge is 2.29. The molecule has 15 heavy (non-hydrogen) atoms. The van der Waals surface area contributed by atoms with Gasteiger partial charge in [0.05, 0.1) is 18.2 Å². The Balaban J connectivity index is 2.03. The Morgan fingerprint density at radius 2 is 2.27 bits per heavy atom. The zero-order valence-electron chi connectivity index (χ0n) is 8.77. The maximum Gasteiger partial charge on any atom is 0.134 e. The van der Waals surface area contributed by atoms with Crippen LogP contribution in [0.25, 0.3) is 0 Å². The van der Waals surface area contributed by atoms with E-state index >= 15 is 0 Å². The Kier molecular flexibility index (Phi) is 3.07. The van der Waals surface area contributed by atoms with Gasteiger partial charge in [0.1, 0.15) is 17.3 Å². The van der Waals surface area contributed by atoms with Crippen LogP contribution in [0.1, 0.15) is 20.3 Å². The van der Waals surface area contributed by atoms with Crippen molar-refractivity contribution in [2.24, 2.45) is 0 Å². The largest absolute Gasteiger partial charge is 0.373 e. The quantitative estimate of drug-likeness (QED) is 0.787. The second kappa shape index (κ2) is 4.33. The van der Waals surface area contributed by atoms with E-state index in [-0.39, 0.29) is 6.10 Å². The summed E-state index contributed by atoms with van der Waals surface area (Å²) in [6, 6.07) is 2.02. The van der Waals surface area contributed by atoms with Crippen LogP contribution < -0.4 is 5.32 Å². The summed E-state index contributed by atoms with van der Waals surface area (Å²) < 4.78 is 5.64. The molecule has 1 N–H and O–H groups in total. The van der Waals surface area contributed by atoms with Crippen molar-refractivity contribution >= 4 is 17.4 Å². The molecule has 0 saturated carbocycles. The Labute approximate surface area is 94.0 Å². The lowest BCUT2D eigenvalue weighted by Crippen LogP contribution is -2.27. The number of hydrogen-bond donors (Lipinski definition) is 1. The van der Waals surface area contributed by atoms with Crippen molar-refractivity contribution in [3.63, 3.8) is 0 Å². The van der Waals surface area contributed by atoms with Gasteiger partial charge in [-0.1, -0.05) is 11.6 Å². The fourth-order valence-electron chi connectivity index (χ4n) is 1.84. The molecule has 1 aliphatic rings. The average molecular weight is 228 g/mol. The molecule has 0 aliphatic carbocycles. The van der Waals surface area contributed by atoms with Crippen molar-refractivity contribution in [3.05, 3.63) is 17.5 Å². The van der Waals surface area contributed by atoms with Crippen molar-refractivity contribution in [3.8, 4) is 0 Å². The molecule has 0 aromatic carbocycles. The minimum absolute atomic E-state index is 0.203. The molecule has 0 amide bonds. The van der Waals surface area contributed by atoms with Gasteiger partial charge in [0, 0.05) is 6.07 Å². The van der Waals surface area contributed by atoms with E-state index < -0.39 is 0 Å². The maximum absolute atomic E-state index is 5.77. The first-order valence-corrected chi connectivity index (χ1v) is 5.42. The first kappa shape index (κ1) is 10.6. The fourth-order valence-corrected chi connectivity index (χ4v) is 1.99. The van der Waals surface area contributed by atoms with Gasteiger partial charge >= 0.3 is 0 Å². The van der Waals surface area contributed by atoms with Crippen molar-refractivity contribution in [2.75, 3.05) is 5.32 Å². The van der Waals surface area contributed by atoms with Gasteiger partial charge in [0.15, 0.2) is 0 Å². The lowest BCUT2D eigenvalue weighted by molar-refractivity contribution is 0.0650. The van der Waals surface area contributed by atoms with Gasteiger partial charge < -0.3 is 10.1 Å². The highest BCUT2D eigenvalue weighted by atomic mass is 35.5. The van der Waals surface area contributed by atoms with E-state index in [0.717, 1.165) is 12.2 Å². The molecule has 5 heteroatoms.